The molecular weight excluding hydrogens is 278 g/mol. The number of para-hydroxylation sites is 1. The number of likely N-dealkylation sites (tertiary alicyclic amines) is 1. The molecule has 5 heteroatoms. The number of fused-ring (bicyclic) bond motifs is 1. The molecule has 1 aromatic heterocycles. The molecule has 2 aromatic rings. The van der Waals surface area contributed by atoms with Crippen LogP contribution in [0.2, 0.25) is 0 Å². The molecule has 5 nitrogen and oxygen atoms in total. The van der Waals surface area contributed by atoms with Crippen molar-refractivity contribution in [3.05, 3.63) is 36.0 Å². The van der Waals surface area contributed by atoms with Gasteiger partial charge in [-0.05, 0) is 31.5 Å². The van der Waals surface area contributed by atoms with Gasteiger partial charge < -0.3 is 15.4 Å². The van der Waals surface area contributed by atoms with E-state index in [9.17, 15) is 9.90 Å². The number of piperidine rings is 1. The number of benzene rings is 1. The standard InChI is InChI=1S/C17H23N3O2/c21-12-14-5-1-2-10-20(14)11-9-19-17(22)15-6-3-4-13-7-8-18-16(13)15/h3-4,6-8,14,18,21H,1-2,5,9-12H2,(H,19,22). The zero-order chi connectivity index (χ0) is 15.4. The van der Waals surface area contributed by atoms with Crippen molar-refractivity contribution in [1.29, 1.82) is 0 Å². The quantitative estimate of drug-likeness (QED) is 0.788. The lowest BCUT2D eigenvalue weighted by molar-refractivity contribution is 0.0850. The minimum absolute atomic E-state index is 0.0504. The molecular formula is C17H23N3O2. The first-order valence-corrected chi connectivity index (χ1v) is 7.99. The first-order valence-electron chi connectivity index (χ1n) is 7.99. The van der Waals surface area contributed by atoms with Crippen molar-refractivity contribution in [2.45, 2.75) is 25.3 Å². The van der Waals surface area contributed by atoms with Crippen molar-refractivity contribution in [2.24, 2.45) is 0 Å². The van der Waals surface area contributed by atoms with Crippen molar-refractivity contribution in [2.75, 3.05) is 26.2 Å². The van der Waals surface area contributed by atoms with Gasteiger partial charge in [-0.2, -0.15) is 0 Å². The number of aliphatic hydroxyl groups is 1. The lowest BCUT2D eigenvalue weighted by Gasteiger charge is -2.34. The Morgan fingerprint density at radius 2 is 2.27 bits per heavy atom. The van der Waals surface area contributed by atoms with Gasteiger partial charge in [-0.1, -0.05) is 18.6 Å². The van der Waals surface area contributed by atoms with Crippen molar-refractivity contribution in [1.82, 2.24) is 15.2 Å². The topological polar surface area (TPSA) is 68.4 Å². The van der Waals surface area contributed by atoms with Crippen molar-refractivity contribution in [3.8, 4) is 0 Å². The highest BCUT2D eigenvalue weighted by atomic mass is 16.3. The van der Waals surface area contributed by atoms with Crippen LogP contribution in [0.5, 0.6) is 0 Å². The number of hydrogen-bond acceptors (Lipinski definition) is 3. The Labute approximate surface area is 130 Å². The average Bonchev–Trinajstić information content (AvgIpc) is 3.03. The van der Waals surface area contributed by atoms with Crippen LogP contribution in [0.4, 0.5) is 0 Å². The molecule has 22 heavy (non-hydrogen) atoms. The molecule has 1 saturated heterocycles. The highest BCUT2D eigenvalue weighted by Gasteiger charge is 2.21. The third-order valence-corrected chi connectivity index (χ3v) is 4.48. The molecule has 2 heterocycles. The second kappa shape index (κ2) is 6.94. The number of aliphatic hydroxyl groups excluding tert-OH is 1. The summed E-state index contributed by atoms with van der Waals surface area (Å²) in [6.07, 6.45) is 5.25. The number of aromatic nitrogens is 1. The van der Waals surface area contributed by atoms with Gasteiger partial charge in [0.05, 0.1) is 17.7 Å². The summed E-state index contributed by atoms with van der Waals surface area (Å²) < 4.78 is 0. The summed E-state index contributed by atoms with van der Waals surface area (Å²) in [5.74, 6) is -0.0504. The predicted molar refractivity (Wildman–Crippen MR) is 86.9 cm³/mol. The number of rotatable bonds is 5. The predicted octanol–water partition coefficient (Wildman–Crippen LogP) is 1.74. The normalized spacial score (nSPS) is 19.4. The van der Waals surface area contributed by atoms with Gasteiger partial charge in [0.15, 0.2) is 0 Å². The first-order chi connectivity index (χ1) is 10.8. The molecule has 0 aliphatic carbocycles. The molecule has 1 aliphatic rings. The van der Waals surface area contributed by atoms with Crippen LogP contribution in [0.1, 0.15) is 29.6 Å². The number of nitrogens with zero attached hydrogens (tertiary/aromatic N) is 1. The molecule has 1 aromatic carbocycles. The highest BCUT2D eigenvalue weighted by molar-refractivity contribution is 6.05. The molecule has 1 atom stereocenters. The van der Waals surface area contributed by atoms with Gasteiger partial charge in [0.2, 0.25) is 0 Å². The van der Waals surface area contributed by atoms with Crippen LogP contribution in [0.3, 0.4) is 0 Å². The van der Waals surface area contributed by atoms with Crippen molar-refractivity contribution < 1.29 is 9.90 Å². The second-order valence-electron chi connectivity index (χ2n) is 5.87. The van der Waals surface area contributed by atoms with Gasteiger partial charge in [-0.15, -0.1) is 0 Å². The Kier molecular flexibility index (Phi) is 4.75. The van der Waals surface area contributed by atoms with Crippen LogP contribution in [-0.2, 0) is 0 Å². The fourth-order valence-corrected chi connectivity index (χ4v) is 3.24. The lowest BCUT2D eigenvalue weighted by Crippen LogP contribution is -2.45. The Morgan fingerprint density at radius 1 is 1.36 bits per heavy atom. The van der Waals surface area contributed by atoms with E-state index in [0.29, 0.717) is 12.1 Å². The minimum Gasteiger partial charge on any atom is -0.395 e. The number of carbonyl (C=O) groups is 1. The molecule has 3 N–H and O–H groups in total. The summed E-state index contributed by atoms with van der Waals surface area (Å²) in [7, 11) is 0. The van der Waals surface area contributed by atoms with Gasteiger partial charge in [-0.3, -0.25) is 9.69 Å². The summed E-state index contributed by atoms with van der Waals surface area (Å²) in [6.45, 7) is 2.60. The van der Waals surface area contributed by atoms with E-state index in [4.69, 9.17) is 0 Å². The highest BCUT2D eigenvalue weighted by Crippen LogP contribution is 2.17. The maximum Gasteiger partial charge on any atom is 0.253 e. The molecule has 118 valence electrons. The second-order valence-corrected chi connectivity index (χ2v) is 5.87. The van der Waals surface area contributed by atoms with E-state index >= 15 is 0 Å². The van der Waals surface area contributed by atoms with Crippen molar-refractivity contribution >= 4 is 16.8 Å². The van der Waals surface area contributed by atoms with Gasteiger partial charge in [0, 0.05) is 30.7 Å². The number of carbonyl (C=O) groups excluding carboxylic acids is 1. The number of H-pyrrole nitrogens is 1. The molecule has 0 spiro atoms. The maximum atomic E-state index is 12.4. The van der Waals surface area contributed by atoms with Crippen LogP contribution in [0.15, 0.2) is 30.5 Å². The fraction of sp³-hybridized carbons (Fsp3) is 0.471. The van der Waals surface area contributed by atoms with E-state index in [1.54, 1.807) is 0 Å². The van der Waals surface area contributed by atoms with Crippen LogP contribution in [0.25, 0.3) is 10.9 Å². The molecule has 3 rings (SSSR count). The summed E-state index contributed by atoms with van der Waals surface area (Å²) in [5.41, 5.74) is 1.56. The summed E-state index contributed by atoms with van der Waals surface area (Å²) >= 11 is 0. The number of nitrogens with one attached hydrogen (secondary N) is 2. The molecule has 0 bridgehead atoms. The van der Waals surface area contributed by atoms with E-state index in [-0.39, 0.29) is 18.6 Å². The molecule has 1 fully saturated rings. The third-order valence-electron chi connectivity index (χ3n) is 4.48. The Hall–Kier alpha value is -1.85. The van der Waals surface area contributed by atoms with Crippen LogP contribution < -0.4 is 5.32 Å². The van der Waals surface area contributed by atoms with Gasteiger partial charge in [0.25, 0.3) is 5.91 Å². The van der Waals surface area contributed by atoms with E-state index in [1.807, 2.05) is 30.5 Å². The smallest absolute Gasteiger partial charge is 0.253 e. The van der Waals surface area contributed by atoms with E-state index in [1.165, 1.54) is 12.8 Å². The number of amides is 1. The van der Waals surface area contributed by atoms with Crippen LogP contribution in [0, 0.1) is 0 Å². The largest absolute Gasteiger partial charge is 0.395 e. The van der Waals surface area contributed by atoms with Gasteiger partial charge in [0.1, 0.15) is 0 Å². The minimum atomic E-state index is -0.0504. The van der Waals surface area contributed by atoms with Crippen LogP contribution >= 0.6 is 0 Å². The van der Waals surface area contributed by atoms with Crippen molar-refractivity contribution in [3.63, 3.8) is 0 Å². The molecule has 1 aliphatic heterocycles. The third kappa shape index (κ3) is 3.15. The van der Waals surface area contributed by atoms with E-state index < -0.39 is 0 Å². The zero-order valence-electron chi connectivity index (χ0n) is 12.7. The first kappa shape index (κ1) is 15.1. The Morgan fingerprint density at radius 3 is 3.14 bits per heavy atom. The fourth-order valence-electron chi connectivity index (χ4n) is 3.24. The molecule has 0 saturated carbocycles. The summed E-state index contributed by atoms with van der Waals surface area (Å²) in [6, 6.07) is 7.94. The summed E-state index contributed by atoms with van der Waals surface area (Å²) in [5, 5.41) is 13.4. The van der Waals surface area contributed by atoms with Gasteiger partial charge >= 0.3 is 0 Å². The van der Waals surface area contributed by atoms with E-state index in [2.05, 4.69) is 15.2 Å². The Bertz CT molecular complexity index is 638. The molecule has 1 amide bonds. The average molecular weight is 301 g/mol. The Balaban J connectivity index is 1.57. The molecule has 1 unspecified atom stereocenters. The number of hydrogen-bond donors (Lipinski definition) is 3. The van der Waals surface area contributed by atoms with E-state index in [0.717, 1.165) is 30.4 Å². The monoisotopic (exact) mass is 301 g/mol. The number of aromatic amines is 1. The van der Waals surface area contributed by atoms with Gasteiger partial charge in [-0.25, -0.2) is 0 Å². The molecule has 0 radical (unpaired) electrons. The maximum absolute atomic E-state index is 12.4. The zero-order valence-corrected chi connectivity index (χ0v) is 12.7. The summed E-state index contributed by atoms with van der Waals surface area (Å²) in [4.78, 5) is 17.7. The lowest BCUT2D eigenvalue weighted by atomic mass is 10.0. The van der Waals surface area contributed by atoms with Crippen LogP contribution in [-0.4, -0.2) is 53.2 Å². The SMILES string of the molecule is O=C(NCCN1CCCCC1CO)c1cccc2cc[nH]c12.